The number of carbonyl (C=O) groups excluding carboxylic acids is 2. The lowest BCUT2D eigenvalue weighted by Crippen LogP contribution is -2.51. The number of carbonyl (C=O) groups is 3. The summed E-state index contributed by atoms with van der Waals surface area (Å²) in [4.78, 5) is 41.1. The average molecular weight is 670 g/mol. The van der Waals surface area contributed by atoms with Crippen molar-refractivity contribution in [1.29, 1.82) is 0 Å². The Balaban J connectivity index is 1.17. The van der Waals surface area contributed by atoms with E-state index in [-0.39, 0.29) is 22.6 Å². The zero-order valence-corrected chi connectivity index (χ0v) is 28.1. The van der Waals surface area contributed by atoms with Gasteiger partial charge in [-0.3, -0.25) is 14.4 Å². The van der Waals surface area contributed by atoms with Gasteiger partial charge in [0.15, 0.2) is 0 Å². The number of benzene rings is 2. The molecule has 2 aromatic rings. The standard InChI is InChI=1S/C35H51N5O6S/c41-33(38-23-32(35(43)44)39-47(45,46)31-12-11-27-4-1-2-5-29(27)22-31)30-6-3-21-40(24-30)34(42)28(9-7-25-13-17-36-18-14-25)10-8-26-15-19-37-20-16-26/h1-2,4-5,11-12,22,25-26,28,30,32,36-37,39H,3,6-10,13-21,23-24H2,(H,38,41)(H,43,44)/t30-,32?/m1/s1. The summed E-state index contributed by atoms with van der Waals surface area (Å²) in [5, 5.41) is 20.9. The smallest absolute Gasteiger partial charge is 0.323 e. The van der Waals surface area contributed by atoms with Gasteiger partial charge >= 0.3 is 5.97 Å². The molecule has 11 nitrogen and oxygen atoms in total. The first-order valence-electron chi connectivity index (χ1n) is 17.4. The highest BCUT2D eigenvalue weighted by Gasteiger charge is 2.34. The summed E-state index contributed by atoms with van der Waals surface area (Å²) >= 11 is 0. The van der Waals surface area contributed by atoms with Gasteiger partial charge in [0.25, 0.3) is 0 Å². The van der Waals surface area contributed by atoms with Crippen LogP contribution >= 0.6 is 0 Å². The predicted octanol–water partition coefficient (Wildman–Crippen LogP) is 3.10. The summed E-state index contributed by atoms with van der Waals surface area (Å²) in [6.45, 7) is 4.65. The summed E-state index contributed by atoms with van der Waals surface area (Å²) < 4.78 is 28.4. The van der Waals surface area contributed by atoms with Crippen molar-refractivity contribution in [2.45, 2.75) is 75.1 Å². The average Bonchev–Trinajstić information content (AvgIpc) is 3.10. The molecule has 3 heterocycles. The van der Waals surface area contributed by atoms with Crippen molar-refractivity contribution in [3.8, 4) is 0 Å². The van der Waals surface area contributed by atoms with E-state index in [2.05, 4.69) is 20.7 Å². The van der Waals surface area contributed by atoms with Crippen LogP contribution < -0.4 is 20.7 Å². The molecule has 3 aliphatic heterocycles. The number of hydrogen-bond acceptors (Lipinski definition) is 7. The molecule has 47 heavy (non-hydrogen) atoms. The molecule has 5 rings (SSSR count). The fourth-order valence-corrected chi connectivity index (χ4v) is 8.60. The molecule has 2 atom stereocenters. The van der Waals surface area contributed by atoms with Crippen molar-refractivity contribution in [1.82, 2.24) is 25.6 Å². The van der Waals surface area contributed by atoms with Gasteiger partial charge in [-0.1, -0.05) is 30.3 Å². The second-order valence-electron chi connectivity index (χ2n) is 13.6. The van der Waals surface area contributed by atoms with Gasteiger partial charge in [-0.25, -0.2) is 8.42 Å². The number of carboxylic acids is 1. The Kier molecular flexibility index (Phi) is 12.6. The lowest BCUT2D eigenvalue weighted by Gasteiger charge is -2.35. The first-order valence-corrected chi connectivity index (χ1v) is 18.9. The number of nitrogens with zero attached hydrogens (tertiary/aromatic N) is 1. The SMILES string of the molecule is O=C(O)C(CNC(=O)[C@@H]1CCCN(C(=O)C(CCC2CCNCC2)CCC2CCNCC2)C1)NS(=O)(=O)c1ccc2ccccc2c1. The third kappa shape index (κ3) is 9.98. The second kappa shape index (κ2) is 16.9. The molecular formula is C35H51N5O6S. The number of rotatable bonds is 14. The van der Waals surface area contributed by atoms with Gasteiger partial charge in [-0.15, -0.1) is 0 Å². The molecule has 3 saturated heterocycles. The number of carboxylic acid groups (broad SMARTS) is 1. The van der Waals surface area contributed by atoms with Crippen molar-refractivity contribution in [3.63, 3.8) is 0 Å². The van der Waals surface area contributed by atoms with Crippen LogP contribution in [0.2, 0.25) is 0 Å². The van der Waals surface area contributed by atoms with Crippen LogP contribution in [-0.2, 0) is 24.4 Å². The van der Waals surface area contributed by atoms with Crippen molar-refractivity contribution in [2.24, 2.45) is 23.7 Å². The summed E-state index contributed by atoms with van der Waals surface area (Å²) in [6, 6.07) is 10.3. The van der Waals surface area contributed by atoms with E-state index >= 15 is 0 Å². The highest BCUT2D eigenvalue weighted by Crippen LogP contribution is 2.29. The lowest BCUT2D eigenvalue weighted by atomic mass is 9.83. The third-order valence-corrected chi connectivity index (χ3v) is 11.8. The Morgan fingerprint density at radius 3 is 2.11 bits per heavy atom. The molecule has 1 unspecified atom stereocenters. The number of amides is 2. The molecule has 12 heteroatoms. The molecule has 258 valence electrons. The van der Waals surface area contributed by atoms with Crippen molar-refractivity contribution < 1.29 is 27.9 Å². The molecule has 3 aliphatic rings. The van der Waals surface area contributed by atoms with Crippen LogP contribution in [0.15, 0.2) is 47.4 Å². The van der Waals surface area contributed by atoms with E-state index < -0.39 is 34.5 Å². The number of sulfonamides is 1. The van der Waals surface area contributed by atoms with E-state index in [0.717, 1.165) is 82.9 Å². The minimum absolute atomic E-state index is 0.0509. The fraction of sp³-hybridized carbons (Fsp3) is 0.629. The summed E-state index contributed by atoms with van der Waals surface area (Å²) in [5.41, 5.74) is 0. The number of nitrogens with one attached hydrogen (secondary N) is 4. The zero-order chi connectivity index (χ0) is 33.2. The van der Waals surface area contributed by atoms with Gasteiger partial charge in [0, 0.05) is 25.6 Å². The minimum Gasteiger partial charge on any atom is -0.480 e. The van der Waals surface area contributed by atoms with E-state index in [9.17, 15) is 27.9 Å². The molecule has 0 aliphatic carbocycles. The molecular weight excluding hydrogens is 618 g/mol. The van der Waals surface area contributed by atoms with Gasteiger partial charge in [0.1, 0.15) is 6.04 Å². The first kappa shape index (κ1) is 35.3. The Bertz CT molecular complexity index is 1450. The van der Waals surface area contributed by atoms with Crippen molar-refractivity contribution in [2.75, 3.05) is 45.8 Å². The van der Waals surface area contributed by atoms with E-state index in [1.54, 1.807) is 18.2 Å². The molecule has 3 fully saturated rings. The van der Waals surface area contributed by atoms with Crippen LogP contribution in [0.25, 0.3) is 10.8 Å². The Morgan fingerprint density at radius 1 is 0.872 bits per heavy atom. The summed E-state index contributed by atoms with van der Waals surface area (Å²) in [6.07, 6.45) is 9.73. The minimum atomic E-state index is -4.17. The number of piperidine rings is 3. The normalized spacial score (nSPS) is 20.7. The van der Waals surface area contributed by atoms with Gasteiger partial charge in [-0.05, 0) is 125 Å². The number of aliphatic carboxylic acids is 1. The largest absolute Gasteiger partial charge is 0.480 e. The summed E-state index contributed by atoms with van der Waals surface area (Å²) in [7, 11) is -4.17. The van der Waals surface area contributed by atoms with Gasteiger partial charge in [0.2, 0.25) is 21.8 Å². The van der Waals surface area contributed by atoms with E-state index in [1.807, 2.05) is 17.0 Å². The predicted molar refractivity (Wildman–Crippen MR) is 181 cm³/mol. The Morgan fingerprint density at radius 2 is 1.49 bits per heavy atom. The van der Waals surface area contributed by atoms with Crippen molar-refractivity contribution in [3.05, 3.63) is 42.5 Å². The van der Waals surface area contributed by atoms with E-state index in [4.69, 9.17) is 0 Å². The van der Waals surface area contributed by atoms with Crippen molar-refractivity contribution >= 4 is 38.6 Å². The van der Waals surface area contributed by atoms with E-state index in [0.29, 0.717) is 43.2 Å². The third-order valence-electron chi connectivity index (χ3n) is 10.3. The highest BCUT2D eigenvalue weighted by molar-refractivity contribution is 7.89. The number of fused-ring (bicyclic) bond motifs is 1. The molecule has 5 N–H and O–H groups in total. The molecule has 0 aromatic heterocycles. The molecule has 0 bridgehead atoms. The number of likely N-dealkylation sites (tertiary alicyclic amines) is 1. The van der Waals surface area contributed by atoms with Gasteiger partial charge in [0.05, 0.1) is 10.8 Å². The molecule has 0 radical (unpaired) electrons. The topological polar surface area (TPSA) is 157 Å². The molecule has 0 spiro atoms. The maximum absolute atomic E-state index is 14.0. The van der Waals surface area contributed by atoms with Crippen LogP contribution in [0, 0.1) is 23.7 Å². The molecule has 2 aromatic carbocycles. The monoisotopic (exact) mass is 669 g/mol. The van der Waals surface area contributed by atoms with Gasteiger partial charge < -0.3 is 26.0 Å². The zero-order valence-electron chi connectivity index (χ0n) is 27.3. The lowest BCUT2D eigenvalue weighted by molar-refractivity contribution is -0.140. The van der Waals surface area contributed by atoms with Crippen LogP contribution in [0.5, 0.6) is 0 Å². The Labute approximate surface area is 278 Å². The molecule has 2 amide bonds. The van der Waals surface area contributed by atoms with Crippen LogP contribution in [-0.4, -0.2) is 88.1 Å². The second-order valence-corrected chi connectivity index (χ2v) is 15.3. The van der Waals surface area contributed by atoms with E-state index in [1.165, 1.54) is 12.1 Å². The number of hydrogen-bond donors (Lipinski definition) is 5. The quantitative estimate of drug-likeness (QED) is 0.206. The maximum Gasteiger partial charge on any atom is 0.323 e. The fourth-order valence-electron chi connectivity index (χ4n) is 7.37. The Hall–Kier alpha value is -3.06. The van der Waals surface area contributed by atoms with Gasteiger partial charge in [-0.2, -0.15) is 4.72 Å². The maximum atomic E-state index is 14.0. The highest BCUT2D eigenvalue weighted by atomic mass is 32.2. The first-order chi connectivity index (χ1) is 22.7. The molecule has 0 saturated carbocycles. The summed E-state index contributed by atoms with van der Waals surface area (Å²) in [5.74, 6) is -0.856. The van der Waals surface area contributed by atoms with Crippen LogP contribution in [0.4, 0.5) is 0 Å². The van der Waals surface area contributed by atoms with Crippen LogP contribution in [0.3, 0.4) is 0 Å². The van der Waals surface area contributed by atoms with Crippen LogP contribution in [0.1, 0.15) is 64.2 Å².